The Morgan fingerprint density at radius 2 is 2.04 bits per heavy atom. The molecule has 1 aromatic heterocycles. The summed E-state index contributed by atoms with van der Waals surface area (Å²) < 4.78 is 13.8. The highest BCUT2D eigenvalue weighted by atomic mass is 127. The van der Waals surface area contributed by atoms with E-state index in [2.05, 4.69) is 38.0 Å². The predicted molar refractivity (Wildman–Crippen MR) is 125 cm³/mol. The zero-order valence-corrected chi connectivity index (χ0v) is 19.1. The fourth-order valence-electron chi connectivity index (χ4n) is 3.23. The molecule has 0 saturated carbocycles. The number of nitrogens with zero attached hydrogens (tertiary/aromatic N) is 2. The molecule has 5 nitrogen and oxygen atoms in total. The van der Waals surface area contributed by atoms with Crippen molar-refractivity contribution in [2.75, 3.05) is 31.1 Å². The molecule has 1 saturated heterocycles. The fraction of sp³-hybridized carbons (Fsp3) is 0.450. The molecule has 0 amide bonds. The fourth-order valence-corrected chi connectivity index (χ4v) is 4.01. The van der Waals surface area contributed by atoms with Crippen LogP contribution in [0.25, 0.3) is 0 Å². The average Bonchev–Trinajstić information content (AvgIpc) is 3.22. The number of aliphatic hydroxyl groups excluding tert-OH is 1. The van der Waals surface area contributed by atoms with Crippen LogP contribution in [0.15, 0.2) is 46.8 Å². The van der Waals surface area contributed by atoms with Gasteiger partial charge in [-0.3, -0.25) is 4.99 Å². The number of aliphatic imine (C=N–C) groups is 1. The van der Waals surface area contributed by atoms with Crippen molar-refractivity contribution in [2.45, 2.75) is 31.9 Å². The Kier molecular flexibility index (Phi) is 9.46. The second-order valence-electron chi connectivity index (χ2n) is 6.61. The molecule has 2 aromatic rings. The summed E-state index contributed by atoms with van der Waals surface area (Å²) in [6.07, 6.45) is 1.10. The van der Waals surface area contributed by atoms with Crippen molar-refractivity contribution >= 4 is 46.3 Å². The number of hydrogen-bond donors (Lipinski definition) is 3. The molecule has 1 aromatic carbocycles. The first-order chi connectivity index (χ1) is 13.2. The van der Waals surface area contributed by atoms with Gasteiger partial charge in [0.05, 0.1) is 11.5 Å². The zero-order chi connectivity index (χ0) is 19.1. The van der Waals surface area contributed by atoms with E-state index in [0.717, 1.165) is 32.5 Å². The number of anilines is 1. The Bertz CT molecular complexity index is 736. The second-order valence-corrected chi connectivity index (χ2v) is 7.54. The van der Waals surface area contributed by atoms with Crippen molar-refractivity contribution in [2.24, 2.45) is 4.99 Å². The third-order valence-electron chi connectivity index (χ3n) is 4.68. The quantitative estimate of drug-likeness (QED) is 0.310. The minimum Gasteiger partial charge on any atom is -0.386 e. The maximum absolute atomic E-state index is 13.8. The Hall–Kier alpha value is -1.39. The van der Waals surface area contributed by atoms with Gasteiger partial charge < -0.3 is 20.6 Å². The summed E-state index contributed by atoms with van der Waals surface area (Å²) >= 11 is 1.77. The highest BCUT2D eigenvalue weighted by Gasteiger charge is 2.21. The molecule has 3 N–H and O–H groups in total. The Labute approximate surface area is 187 Å². The average molecular weight is 518 g/mol. The van der Waals surface area contributed by atoms with Crippen molar-refractivity contribution in [3.63, 3.8) is 0 Å². The van der Waals surface area contributed by atoms with Crippen LogP contribution in [0.3, 0.4) is 0 Å². The van der Waals surface area contributed by atoms with Crippen LogP contribution in [0.5, 0.6) is 0 Å². The summed E-state index contributed by atoms with van der Waals surface area (Å²) in [5.41, 5.74) is 0.279. The largest absolute Gasteiger partial charge is 0.386 e. The van der Waals surface area contributed by atoms with E-state index in [-0.39, 0.29) is 36.1 Å². The van der Waals surface area contributed by atoms with Gasteiger partial charge in [-0.2, -0.15) is 0 Å². The normalized spacial score (nSPS) is 16.4. The van der Waals surface area contributed by atoms with Crippen LogP contribution in [0.1, 0.15) is 31.4 Å². The van der Waals surface area contributed by atoms with Gasteiger partial charge in [-0.1, -0.05) is 18.2 Å². The van der Waals surface area contributed by atoms with E-state index < -0.39 is 11.9 Å². The lowest BCUT2D eigenvalue weighted by Crippen LogP contribution is -2.48. The number of nitrogens with one attached hydrogen (secondary N) is 2. The summed E-state index contributed by atoms with van der Waals surface area (Å²) in [7, 11) is 0. The first-order valence-corrected chi connectivity index (χ1v) is 10.3. The standard InChI is InChI=1S/C20H27FN4OS.HI/c1-2-22-20(23-14-18(26)16-6-3-4-7-17(16)21)24-15-9-11-25(12-10-15)19-8-5-13-27-19;/h3-8,13,15,18,26H,2,9-12,14H2,1H3,(H2,22,23,24);1H. The van der Waals surface area contributed by atoms with Gasteiger partial charge in [-0.25, -0.2) is 4.39 Å². The highest BCUT2D eigenvalue weighted by molar-refractivity contribution is 14.0. The van der Waals surface area contributed by atoms with Crippen LogP contribution in [-0.4, -0.2) is 43.3 Å². The van der Waals surface area contributed by atoms with Gasteiger partial charge in [-0.05, 0) is 43.3 Å². The number of hydrogen-bond acceptors (Lipinski definition) is 4. The minimum absolute atomic E-state index is 0. The number of guanidine groups is 1. The molecule has 3 rings (SSSR count). The molecule has 0 bridgehead atoms. The first kappa shape index (κ1) is 22.9. The third-order valence-corrected chi connectivity index (χ3v) is 5.61. The van der Waals surface area contributed by atoms with E-state index in [1.54, 1.807) is 29.5 Å². The summed E-state index contributed by atoms with van der Waals surface area (Å²) in [5, 5.41) is 20.4. The summed E-state index contributed by atoms with van der Waals surface area (Å²) in [6, 6.07) is 10.9. The maximum Gasteiger partial charge on any atom is 0.191 e. The topological polar surface area (TPSA) is 59.9 Å². The Morgan fingerprint density at radius 1 is 1.29 bits per heavy atom. The lowest BCUT2D eigenvalue weighted by molar-refractivity contribution is 0.182. The number of halogens is 2. The first-order valence-electron chi connectivity index (χ1n) is 9.43. The van der Waals surface area contributed by atoms with Crippen LogP contribution in [0, 0.1) is 5.82 Å². The number of aliphatic hydroxyl groups is 1. The Morgan fingerprint density at radius 3 is 2.68 bits per heavy atom. The summed E-state index contributed by atoms with van der Waals surface area (Å²) in [6.45, 7) is 4.87. The molecule has 0 spiro atoms. The van der Waals surface area contributed by atoms with E-state index in [4.69, 9.17) is 0 Å². The second kappa shape index (κ2) is 11.6. The molecule has 0 aliphatic carbocycles. The van der Waals surface area contributed by atoms with Crippen LogP contribution >= 0.6 is 35.3 Å². The van der Waals surface area contributed by atoms with E-state index in [0.29, 0.717) is 12.0 Å². The number of piperidine rings is 1. The molecule has 1 aliphatic rings. The van der Waals surface area contributed by atoms with Gasteiger partial charge in [0.25, 0.3) is 0 Å². The SMILES string of the molecule is CCNC(=NCC(O)c1ccccc1F)NC1CCN(c2cccs2)CC1.I. The molecule has 8 heteroatoms. The number of benzene rings is 1. The molecular weight excluding hydrogens is 490 g/mol. The molecule has 1 unspecified atom stereocenters. The molecule has 1 atom stereocenters. The molecular formula is C20H28FIN4OS. The molecule has 154 valence electrons. The lowest BCUT2D eigenvalue weighted by Gasteiger charge is -2.33. The summed E-state index contributed by atoms with van der Waals surface area (Å²) in [4.78, 5) is 6.87. The van der Waals surface area contributed by atoms with Crippen LogP contribution in [-0.2, 0) is 0 Å². The zero-order valence-electron chi connectivity index (χ0n) is 16.0. The van der Waals surface area contributed by atoms with E-state index in [9.17, 15) is 9.50 Å². The van der Waals surface area contributed by atoms with Crippen molar-refractivity contribution in [3.8, 4) is 0 Å². The molecule has 0 radical (unpaired) electrons. The van der Waals surface area contributed by atoms with Gasteiger partial charge in [0.15, 0.2) is 5.96 Å². The van der Waals surface area contributed by atoms with Crippen LogP contribution in [0.4, 0.5) is 9.39 Å². The van der Waals surface area contributed by atoms with Crippen molar-refractivity contribution < 1.29 is 9.50 Å². The van der Waals surface area contributed by atoms with Gasteiger partial charge in [0.2, 0.25) is 0 Å². The summed E-state index contributed by atoms with van der Waals surface area (Å²) in [5.74, 6) is 0.265. The monoisotopic (exact) mass is 518 g/mol. The van der Waals surface area contributed by atoms with Crippen LogP contribution < -0.4 is 15.5 Å². The van der Waals surface area contributed by atoms with Crippen molar-refractivity contribution in [3.05, 3.63) is 53.2 Å². The van der Waals surface area contributed by atoms with E-state index >= 15 is 0 Å². The Balaban J connectivity index is 0.00000280. The number of thiophene rings is 1. The van der Waals surface area contributed by atoms with Gasteiger partial charge in [-0.15, -0.1) is 35.3 Å². The third kappa shape index (κ3) is 6.31. The van der Waals surface area contributed by atoms with Crippen LogP contribution in [0.2, 0.25) is 0 Å². The molecule has 1 aliphatic heterocycles. The maximum atomic E-state index is 13.8. The van der Waals surface area contributed by atoms with Crippen molar-refractivity contribution in [1.82, 2.24) is 10.6 Å². The molecule has 1 fully saturated rings. The van der Waals surface area contributed by atoms with Crippen molar-refractivity contribution in [1.29, 1.82) is 0 Å². The number of rotatable bonds is 6. The smallest absolute Gasteiger partial charge is 0.191 e. The molecule has 2 heterocycles. The van der Waals surface area contributed by atoms with Gasteiger partial charge >= 0.3 is 0 Å². The minimum atomic E-state index is -0.956. The predicted octanol–water partition coefficient (Wildman–Crippen LogP) is 3.76. The van der Waals surface area contributed by atoms with Gasteiger partial charge in [0, 0.05) is 31.2 Å². The van der Waals surface area contributed by atoms with E-state index in [1.165, 1.54) is 11.1 Å². The van der Waals surface area contributed by atoms with E-state index in [1.807, 2.05) is 6.92 Å². The van der Waals surface area contributed by atoms with Gasteiger partial charge in [0.1, 0.15) is 11.9 Å². The lowest BCUT2D eigenvalue weighted by atomic mass is 10.1. The highest BCUT2D eigenvalue weighted by Crippen LogP contribution is 2.24. The molecule has 28 heavy (non-hydrogen) atoms.